The third-order valence-corrected chi connectivity index (χ3v) is 4.62. The van der Waals surface area contributed by atoms with Crippen LogP contribution in [-0.2, 0) is 17.8 Å². The minimum Gasteiger partial charge on any atom is -0.495 e. The van der Waals surface area contributed by atoms with E-state index in [1.807, 2.05) is 24.3 Å². The molecule has 0 fully saturated rings. The van der Waals surface area contributed by atoms with Crippen LogP contribution < -0.4 is 20.7 Å². The zero-order valence-electron chi connectivity index (χ0n) is 17.4. The molecule has 1 amide bonds. The number of carbonyl (C=O) groups is 1. The first-order valence-corrected chi connectivity index (χ1v) is 9.54. The molecule has 0 aliphatic carbocycles. The number of guanidine groups is 1. The highest BCUT2D eigenvalue weighted by Gasteiger charge is 2.07. The van der Waals surface area contributed by atoms with Crippen molar-refractivity contribution in [2.75, 3.05) is 26.0 Å². The van der Waals surface area contributed by atoms with E-state index in [2.05, 4.69) is 50.3 Å². The number of methoxy groups -OCH3 is 1. The number of ether oxygens (including phenoxy) is 1. The molecule has 4 N–H and O–H groups in total. The highest BCUT2D eigenvalue weighted by atomic mass is 127. The largest absolute Gasteiger partial charge is 0.495 e. The molecule has 0 bridgehead atoms. The molecule has 0 aliphatic rings. The lowest BCUT2D eigenvalue weighted by Crippen LogP contribution is -2.37. The highest BCUT2D eigenvalue weighted by molar-refractivity contribution is 14.0. The zero-order valence-corrected chi connectivity index (χ0v) is 19.7. The molecule has 3 rings (SSSR count). The van der Waals surface area contributed by atoms with Gasteiger partial charge in [-0.15, -0.1) is 24.0 Å². The number of para-hydroxylation sites is 1. The van der Waals surface area contributed by atoms with Crippen molar-refractivity contribution in [1.82, 2.24) is 15.6 Å². The number of nitrogens with zero attached hydrogens (tertiary/aromatic N) is 1. The van der Waals surface area contributed by atoms with E-state index < -0.39 is 0 Å². The Hall–Kier alpha value is -2.75. The van der Waals surface area contributed by atoms with E-state index in [0.717, 1.165) is 30.0 Å². The lowest BCUT2D eigenvalue weighted by atomic mass is 10.1. The van der Waals surface area contributed by atoms with E-state index >= 15 is 0 Å². The fraction of sp³-hybridized carbons (Fsp3) is 0.273. The molecular formula is C22H28IN5O2. The average molecular weight is 521 g/mol. The standard InChI is InChI=1S/C22H27N5O2.HI/c1-15(28)27-20-12-16(8-9-21(20)29-3)13-26-22(23-2)24-11-10-17-14-25-19-7-5-4-6-18(17)19;/h4-9,12,14,25H,10-11,13H2,1-3H3,(H,27,28)(H2,23,24,26);1H. The summed E-state index contributed by atoms with van der Waals surface area (Å²) in [5.41, 5.74) is 4.09. The van der Waals surface area contributed by atoms with Crippen LogP contribution in [0.1, 0.15) is 18.1 Å². The minimum atomic E-state index is -0.136. The van der Waals surface area contributed by atoms with Gasteiger partial charge in [-0.05, 0) is 35.7 Å². The Morgan fingerprint density at radius 3 is 2.70 bits per heavy atom. The molecule has 0 saturated heterocycles. The van der Waals surface area contributed by atoms with E-state index in [1.54, 1.807) is 14.2 Å². The molecule has 160 valence electrons. The van der Waals surface area contributed by atoms with Gasteiger partial charge in [-0.25, -0.2) is 0 Å². The summed E-state index contributed by atoms with van der Waals surface area (Å²) in [5.74, 6) is 1.22. The maximum Gasteiger partial charge on any atom is 0.221 e. The summed E-state index contributed by atoms with van der Waals surface area (Å²) < 4.78 is 5.29. The quantitative estimate of drug-likeness (QED) is 0.217. The summed E-state index contributed by atoms with van der Waals surface area (Å²) in [6, 6.07) is 14.0. The molecule has 30 heavy (non-hydrogen) atoms. The fourth-order valence-electron chi connectivity index (χ4n) is 3.21. The number of aromatic amines is 1. The first kappa shape index (κ1) is 23.5. The van der Waals surface area contributed by atoms with Gasteiger partial charge >= 0.3 is 0 Å². The van der Waals surface area contributed by atoms with Crippen molar-refractivity contribution in [1.29, 1.82) is 0 Å². The number of aromatic nitrogens is 1. The van der Waals surface area contributed by atoms with Crippen LogP contribution in [0.4, 0.5) is 5.69 Å². The smallest absolute Gasteiger partial charge is 0.221 e. The van der Waals surface area contributed by atoms with Crippen molar-refractivity contribution in [3.8, 4) is 5.75 Å². The summed E-state index contributed by atoms with van der Waals surface area (Å²) in [7, 11) is 3.33. The van der Waals surface area contributed by atoms with E-state index in [4.69, 9.17) is 4.74 Å². The molecular weight excluding hydrogens is 493 g/mol. The number of anilines is 1. The predicted octanol–water partition coefficient (Wildman–Crippen LogP) is 3.66. The molecule has 8 heteroatoms. The van der Waals surface area contributed by atoms with Gasteiger partial charge in [-0.3, -0.25) is 9.79 Å². The molecule has 1 heterocycles. The minimum absolute atomic E-state index is 0. The zero-order chi connectivity index (χ0) is 20.6. The molecule has 3 aromatic rings. The average Bonchev–Trinajstić information content (AvgIpc) is 3.13. The summed E-state index contributed by atoms with van der Waals surface area (Å²) in [4.78, 5) is 19.0. The second-order valence-corrected chi connectivity index (χ2v) is 6.68. The Bertz CT molecular complexity index is 1020. The van der Waals surface area contributed by atoms with Crippen molar-refractivity contribution in [2.45, 2.75) is 19.9 Å². The van der Waals surface area contributed by atoms with Gasteiger partial charge in [0, 0.05) is 44.2 Å². The number of H-pyrrole nitrogens is 1. The molecule has 0 unspecified atom stereocenters. The molecule has 0 saturated carbocycles. The third-order valence-electron chi connectivity index (χ3n) is 4.62. The van der Waals surface area contributed by atoms with Gasteiger partial charge in [-0.2, -0.15) is 0 Å². The van der Waals surface area contributed by atoms with Crippen molar-refractivity contribution in [3.05, 3.63) is 59.8 Å². The lowest BCUT2D eigenvalue weighted by Gasteiger charge is -2.14. The van der Waals surface area contributed by atoms with Crippen molar-refractivity contribution in [3.63, 3.8) is 0 Å². The molecule has 0 radical (unpaired) electrons. The number of aliphatic imine (C=N–C) groups is 1. The molecule has 7 nitrogen and oxygen atoms in total. The molecule has 0 atom stereocenters. The summed E-state index contributed by atoms with van der Waals surface area (Å²) >= 11 is 0. The Morgan fingerprint density at radius 2 is 1.97 bits per heavy atom. The number of nitrogens with one attached hydrogen (secondary N) is 4. The number of amides is 1. The summed E-state index contributed by atoms with van der Waals surface area (Å²) in [5, 5.41) is 10.7. The lowest BCUT2D eigenvalue weighted by molar-refractivity contribution is -0.114. The molecule has 0 aliphatic heterocycles. The second kappa shape index (κ2) is 11.4. The van der Waals surface area contributed by atoms with Crippen LogP contribution in [0.5, 0.6) is 5.75 Å². The van der Waals surface area contributed by atoms with Gasteiger partial charge in [0.2, 0.25) is 5.91 Å². The number of hydrogen-bond acceptors (Lipinski definition) is 3. The molecule has 2 aromatic carbocycles. The van der Waals surface area contributed by atoms with Crippen molar-refractivity contribution in [2.24, 2.45) is 4.99 Å². The predicted molar refractivity (Wildman–Crippen MR) is 133 cm³/mol. The van der Waals surface area contributed by atoms with Gasteiger partial charge < -0.3 is 25.7 Å². The van der Waals surface area contributed by atoms with Gasteiger partial charge in [0.1, 0.15) is 5.75 Å². The Balaban J connectivity index is 0.00000320. The van der Waals surface area contributed by atoms with Crippen LogP contribution in [0.15, 0.2) is 53.7 Å². The van der Waals surface area contributed by atoms with Crippen LogP contribution in [0, 0.1) is 0 Å². The highest BCUT2D eigenvalue weighted by Crippen LogP contribution is 2.25. The van der Waals surface area contributed by atoms with E-state index in [9.17, 15) is 4.79 Å². The number of rotatable bonds is 7. The van der Waals surface area contributed by atoms with Crippen molar-refractivity contribution >= 4 is 52.4 Å². The maximum atomic E-state index is 11.4. The Morgan fingerprint density at radius 1 is 1.17 bits per heavy atom. The van der Waals surface area contributed by atoms with Gasteiger partial charge in [0.25, 0.3) is 0 Å². The third kappa shape index (κ3) is 6.12. The molecule has 0 spiro atoms. The topological polar surface area (TPSA) is 90.5 Å². The van der Waals surface area contributed by atoms with Crippen LogP contribution in [0.25, 0.3) is 10.9 Å². The number of carbonyl (C=O) groups excluding carboxylic acids is 1. The number of benzene rings is 2. The summed E-state index contributed by atoms with van der Waals surface area (Å²) in [6.45, 7) is 2.81. The van der Waals surface area contributed by atoms with Gasteiger partial charge in [0.05, 0.1) is 12.8 Å². The normalized spacial score (nSPS) is 11.0. The monoisotopic (exact) mass is 521 g/mol. The fourth-order valence-corrected chi connectivity index (χ4v) is 3.21. The SMILES string of the molecule is CN=C(NCCc1c[nH]c2ccccc12)NCc1ccc(OC)c(NC(C)=O)c1.I. The van der Waals surface area contributed by atoms with E-state index in [1.165, 1.54) is 17.9 Å². The van der Waals surface area contributed by atoms with E-state index in [-0.39, 0.29) is 29.9 Å². The number of fused-ring (bicyclic) bond motifs is 1. The van der Waals surface area contributed by atoms with Crippen LogP contribution in [0.3, 0.4) is 0 Å². The molecule has 1 aromatic heterocycles. The number of hydrogen-bond donors (Lipinski definition) is 4. The van der Waals surface area contributed by atoms with Gasteiger partial charge in [-0.1, -0.05) is 24.3 Å². The van der Waals surface area contributed by atoms with Gasteiger partial charge in [0.15, 0.2) is 5.96 Å². The Kier molecular flexibility index (Phi) is 8.97. The van der Waals surface area contributed by atoms with Crippen LogP contribution in [0.2, 0.25) is 0 Å². The van der Waals surface area contributed by atoms with Crippen molar-refractivity contribution < 1.29 is 9.53 Å². The van der Waals surface area contributed by atoms with Crippen LogP contribution >= 0.6 is 24.0 Å². The van der Waals surface area contributed by atoms with E-state index in [0.29, 0.717) is 18.0 Å². The second-order valence-electron chi connectivity index (χ2n) is 6.68. The number of halogens is 1. The summed E-state index contributed by atoms with van der Waals surface area (Å²) in [6.07, 6.45) is 2.95. The maximum absolute atomic E-state index is 11.4. The first-order chi connectivity index (χ1) is 14.1. The Labute approximate surface area is 193 Å². The first-order valence-electron chi connectivity index (χ1n) is 9.54. The van der Waals surface area contributed by atoms with Crippen LogP contribution in [-0.4, -0.2) is 37.6 Å².